The number of hydrogen-bond acceptors (Lipinski definition) is 3. The zero-order valence-electron chi connectivity index (χ0n) is 14.3. The molecule has 0 N–H and O–H groups in total. The molecule has 0 spiro atoms. The number of benzene rings is 2. The molecule has 23 heavy (non-hydrogen) atoms. The first kappa shape index (κ1) is 15.6. The second-order valence-corrected chi connectivity index (χ2v) is 6.05. The number of ether oxygens (including phenoxy) is 2. The topological polar surface area (TPSA) is 30.8 Å². The van der Waals surface area contributed by atoms with E-state index < -0.39 is 0 Å². The Morgan fingerprint density at radius 3 is 2.30 bits per heavy atom. The van der Waals surface area contributed by atoms with Gasteiger partial charge in [0, 0.05) is 11.3 Å². The molecule has 0 radical (unpaired) electrons. The lowest BCUT2D eigenvalue weighted by Crippen LogP contribution is -2.11. The minimum atomic E-state index is 0.889. The van der Waals surface area contributed by atoms with Gasteiger partial charge in [-0.15, -0.1) is 0 Å². The van der Waals surface area contributed by atoms with Crippen molar-refractivity contribution in [1.82, 2.24) is 0 Å². The number of nitrogens with zero attached hydrogens (tertiary/aromatic N) is 1. The van der Waals surface area contributed by atoms with Gasteiger partial charge in [-0.25, -0.2) is 0 Å². The van der Waals surface area contributed by atoms with Crippen molar-refractivity contribution < 1.29 is 9.47 Å². The van der Waals surface area contributed by atoms with Crippen molar-refractivity contribution >= 4 is 11.4 Å². The summed E-state index contributed by atoms with van der Waals surface area (Å²) in [7, 11) is 3.42. The van der Waals surface area contributed by atoms with Crippen LogP contribution in [0.25, 0.3) is 0 Å². The third-order valence-corrected chi connectivity index (χ3v) is 4.40. The van der Waals surface area contributed by atoms with Crippen LogP contribution in [-0.4, -0.2) is 19.9 Å². The SMILES string of the molecule is COc1ccc2c(c1)/C(=N/c1cc(C)c(OC)c(C)c1)CCC2. The number of aliphatic imine (C=N–C) groups is 1. The van der Waals surface area contributed by atoms with Gasteiger partial charge in [-0.1, -0.05) is 6.07 Å². The van der Waals surface area contributed by atoms with Crippen LogP contribution in [-0.2, 0) is 6.42 Å². The molecule has 2 aromatic rings. The first-order chi connectivity index (χ1) is 11.1. The first-order valence-corrected chi connectivity index (χ1v) is 8.02. The highest BCUT2D eigenvalue weighted by Crippen LogP contribution is 2.31. The average Bonchev–Trinajstić information content (AvgIpc) is 2.54. The molecule has 0 fully saturated rings. The molecule has 3 rings (SSSR count). The van der Waals surface area contributed by atoms with Crippen molar-refractivity contribution in [3.05, 3.63) is 52.6 Å². The molecule has 1 aliphatic carbocycles. The quantitative estimate of drug-likeness (QED) is 0.817. The Hall–Kier alpha value is -2.29. The Kier molecular flexibility index (Phi) is 4.37. The summed E-state index contributed by atoms with van der Waals surface area (Å²) in [6.07, 6.45) is 3.26. The van der Waals surface area contributed by atoms with Crippen LogP contribution in [0.3, 0.4) is 0 Å². The van der Waals surface area contributed by atoms with Gasteiger partial charge < -0.3 is 9.47 Å². The van der Waals surface area contributed by atoms with E-state index in [1.54, 1.807) is 14.2 Å². The summed E-state index contributed by atoms with van der Waals surface area (Å²) < 4.78 is 10.8. The highest BCUT2D eigenvalue weighted by Gasteiger charge is 2.17. The van der Waals surface area contributed by atoms with Crippen LogP contribution >= 0.6 is 0 Å². The molecule has 0 atom stereocenters. The van der Waals surface area contributed by atoms with Crippen molar-refractivity contribution in [2.45, 2.75) is 33.1 Å². The Bertz CT molecular complexity index is 739. The maximum absolute atomic E-state index is 5.44. The monoisotopic (exact) mass is 309 g/mol. The number of methoxy groups -OCH3 is 2. The second kappa shape index (κ2) is 6.45. The zero-order chi connectivity index (χ0) is 16.4. The third kappa shape index (κ3) is 3.09. The van der Waals surface area contributed by atoms with Gasteiger partial charge in [0.05, 0.1) is 19.9 Å². The number of hydrogen-bond donors (Lipinski definition) is 0. The molecule has 0 saturated heterocycles. The van der Waals surface area contributed by atoms with E-state index in [0.717, 1.165) is 53.3 Å². The molecular weight excluding hydrogens is 286 g/mol. The molecule has 0 unspecified atom stereocenters. The smallest absolute Gasteiger partial charge is 0.124 e. The van der Waals surface area contributed by atoms with Crippen molar-refractivity contribution in [3.63, 3.8) is 0 Å². The molecule has 3 heteroatoms. The minimum absolute atomic E-state index is 0.889. The lowest BCUT2D eigenvalue weighted by molar-refractivity contribution is 0.408. The van der Waals surface area contributed by atoms with E-state index in [0.29, 0.717) is 0 Å². The number of rotatable bonds is 3. The molecule has 0 aromatic heterocycles. The van der Waals surface area contributed by atoms with Crippen LogP contribution in [0.4, 0.5) is 5.69 Å². The van der Waals surface area contributed by atoms with Gasteiger partial charge in [-0.3, -0.25) is 4.99 Å². The zero-order valence-corrected chi connectivity index (χ0v) is 14.3. The molecule has 0 saturated carbocycles. The van der Waals surface area contributed by atoms with Gasteiger partial charge in [0.15, 0.2) is 0 Å². The maximum Gasteiger partial charge on any atom is 0.124 e. The van der Waals surface area contributed by atoms with Crippen molar-refractivity contribution in [2.24, 2.45) is 4.99 Å². The summed E-state index contributed by atoms with van der Waals surface area (Å²) in [6.45, 7) is 4.13. The molecule has 0 heterocycles. The Morgan fingerprint density at radius 2 is 1.65 bits per heavy atom. The normalized spacial score (nSPS) is 15.4. The van der Waals surface area contributed by atoms with Gasteiger partial charge in [0.1, 0.15) is 11.5 Å². The van der Waals surface area contributed by atoms with Gasteiger partial charge in [0.25, 0.3) is 0 Å². The van der Waals surface area contributed by atoms with Gasteiger partial charge in [-0.2, -0.15) is 0 Å². The maximum atomic E-state index is 5.44. The lowest BCUT2D eigenvalue weighted by Gasteiger charge is -2.19. The lowest BCUT2D eigenvalue weighted by atomic mass is 9.89. The predicted molar refractivity (Wildman–Crippen MR) is 94.6 cm³/mol. The fourth-order valence-electron chi connectivity index (χ4n) is 3.34. The van der Waals surface area contributed by atoms with Crippen molar-refractivity contribution in [3.8, 4) is 11.5 Å². The van der Waals surface area contributed by atoms with Crippen molar-refractivity contribution in [2.75, 3.05) is 14.2 Å². The molecule has 0 amide bonds. The van der Waals surface area contributed by atoms with Gasteiger partial charge in [-0.05, 0) is 74.1 Å². The predicted octanol–water partition coefficient (Wildman–Crippen LogP) is 4.78. The molecule has 0 aliphatic heterocycles. The van der Waals surface area contributed by atoms with Crippen LogP contribution < -0.4 is 9.47 Å². The number of aryl methyl sites for hydroxylation is 3. The summed E-state index contributed by atoms with van der Waals surface area (Å²) in [5, 5.41) is 0. The largest absolute Gasteiger partial charge is 0.497 e. The van der Waals surface area contributed by atoms with E-state index in [-0.39, 0.29) is 0 Å². The Labute approximate surface area is 138 Å². The van der Waals surface area contributed by atoms with E-state index in [1.807, 2.05) is 6.07 Å². The van der Waals surface area contributed by atoms with Gasteiger partial charge in [0.2, 0.25) is 0 Å². The third-order valence-electron chi connectivity index (χ3n) is 4.40. The Balaban J connectivity index is 2.05. The first-order valence-electron chi connectivity index (χ1n) is 8.02. The van der Waals surface area contributed by atoms with E-state index in [4.69, 9.17) is 14.5 Å². The molecular formula is C20H23NO2. The molecule has 120 valence electrons. The summed E-state index contributed by atoms with van der Waals surface area (Å²) in [4.78, 5) is 4.94. The van der Waals surface area contributed by atoms with E-state index >= 15 is 0 Å². The van der Waals surface area contributed by atoms with Crippen LogP contribution in [0.1, 0.15) is 35.1 Å². The van der Waals surface area contributed by atoms with Gasteiger partial charge >= 0.3 is 0 Å². The molecule has 2 aromatic carbocycles. The molecule has 0 bridgehead atoms. The Morgan fingerprint density at radius 1 is 0.913 bits per heavy atom. The van der Waals surface area contributed by atoms with Crippen LogP contribution in [0.15, 0.2) is 35.3 Å². The highest BCUT2D eigenvalue weighted by atomic mass is 16.5. The highest BCUT2D eigenvalue weighted by molar-refractivity contribution is 6.04. The molecule has 1 aliphatic rings. The van der Waals surface area contributed by atoms with E-state index in [2.05, 4.69) is 38.1 Å². The van der Waals surface area contributed by atoms with Crippen molar-refractivity contribution in [1.29, 1.82) is 0 Å². The van der Waals surface area contributed by atoms with Crippen LogP contribution in [0.5, 0.6) is 11.5 Å². The summed E-state index contributed by atoms with van der Waals surface area (Å²) in [6, 6.07) is 10.5. The van der Waals surface area contributed by atoms with E-state index in [9.17, 15) is 0 Å². The summed E-state index contributed by atoms with van der Waals surface area (Å²) in [5.74, 6) is 1.83. The fourth-order valence-corrected chi connectivity index (χ4v) is 3.34. The fraction of sp³-hybridized carbons (Fsp3) is 0.350. The second-order valence-electron chi connectivity index (χ2n) is 6.05. The summed E-state index contributed by atoms with van der Waals surface area (Å²) in [5.41, 5.74) is 6.96. The molecule has 3 nitrogen and oxygen atoms in total. The standard InChI is InChI=1S/C20H23NO2/c1-13-10-16(11-14(2)20(13)23-4)21-19-7-5-6-15-8-9-17(22-3)12-18(15)19/h8-12H,5-7H2,1-4H3/b21-19+. The minimum Gasteiger partial charge on any atom is -0.497 e. The summed E-state index contributed by atoms with van der Waals surface area (Å²) >= 11 is 0. The number of fused-ring (bicyclic) bond motifs is 1. The van der Waals surface area contributed by atoms with E-state index in [1.165, 1.54) is 11.1 Å². The van der Waals surface area contributed by atoms with Crippen LogP contribution in [0, 0.1) is 13.8 Å². The van der Waals surface area contributed by atoms with Crippen LogP contribution in [0.2, 0.25) is 0 Å². The average molecular weight is 309 g/mol.